The number of benzene rings is 2. The molecule has 2 aromatic carbocycles. The fourth-order valence-corrected chi connectivity index (χ4v) is 2.68. The second kappa shape index (κ2) is 9.34. The fourth-order valence-electron chi connectivity index (χ4n) is 2.16. The average molecular weight is 406 g/mol. The predicted molar refractivity (Wildman–Crippen MR) is 104 cm³/mol. The summed E-state index contributed by atoms with van der Waals surface area (Å²) in [7, 11) is -3.81. The van der Waals surface area contributed by atoms with Crippen molar-refractivity contribution in [2.45, 2.75) is 31.3 Å². The highest BCUT2D eigenvalue weighted by molar-refractivity contribution is 7.89. The molecule has 3 N–H and O–H groups in total. The molecule has 0 aliphatic rings. The summed E-state index contributed by atoms with van der Waals surface area (Å²) in [6, 6.07) is 11.7. The van der Waals surface area contributed by atoms with E-state index in [2.05, 4.69) is 5.32 Å². The predicted octanol–water partition coefficient (Wildman–Crippen LogP) is 2.31. The van der Waals surface area contributed by atoms with E-state index in [9.17, 15) is 18.0 Å². The van der Waals surface area contributed by atoms with Crippen LogP contribution < -0.4 is 15.2 Å². The van der Waals surface area contributed by atoms with E-state index in [1.165, 1.54) is 31.2 Å². The van der Waals surface area contributed by atoms with E-state index in [1.54, 1.807) is 24.3 Å². The largest absolute Gasteiger partial charge is 0.494 e. The summed E-state index contributed by atoms with van der Waals surface area (Å²) in [6.07, 6.45) is -0.178. The topological polar surface area (TPSA) is 125 Å². The van der Waals surface area contributed by atoms with Gasteiger partial charge in [-0.05, 0) is 61.9 Å². The molecule has 0 radical (unpaired) electrons. The number of carbonyl (C=O) groups is 2. The maximum absolute atomic E-state index is 12.2. The molecule has 0 bridgehead atoms. The average Bonchev–Trinajstić information content (AvgIpc) is 2.66. The number of nitrogens with two attached hydrogens (primary N) is 1. The second-order valence-corrected chi connectivity index (χ2v) is 7.54. The summed E-state index contributed by atoms with van der Waals surface area (Å²) >= 11 is 0. The van der Waals surface area contributed by atoms with Gasteiger partial charge in [0.1, 0.15) is 5.75 Å². The third-order valence-corrected chi connectivity index (χ3v) is 4.60. The molecule has 0 fully saturated rings. The van der Waals surface area contributed by atoms with Crippen molar-refractivity contribution in [3.05, 3.63) is 54.1 Å². The van der Waals surface area contributed by atoms with Crippen molar-refractivity contribution in [2.75, 3.05) is 11.9 Å². The zero-order chi connectivity index (χ0) is 20.7. The maximum atomic E-state index is 12.2. The number of carbonyl (C=O) groups excluding carboxylic acids is 2. The summed E-state index contributed by atoms with van der Waals surface area (Å²) in [5.41, 5.74) is 0.638. The van der Waals surface area contributed by atoms with Crippen molar-refractivity contribution in [1.29, 1.82) is 0 Å². The lowest BCUT2D eigenvalue weighted by Gasteiger charge is -2.14. The number of sulfonamides is 1. The maximum Gasteiger partial charge on any atom is 0.338 e. The molecule has 0 heterocycles. The highest BCUT2D eigenvalue weighted by Crippen LogP contribution is 2.15. The van der Waals surface area contributed by atoms with Gasteiger partial charge in [0.05, 0.1) is 17.1 Å². The third-order valence-electron chi connectivity index (χ3n) is 3.67. The number of nitrogens with one attached hydrogen (secondary N) is 1. The van der Waals surface area contributed by atoms with Gasteiger partial charge in [-0.2, -0.15) is 0 Å². The van der Waals surface area contributed by atoms with Crippen LogP contribution in [0.15, 0.2) is 53.4 Å². The van der Waals surface area contributed by atoms with E-state index in [0.29, 0.717) is 23.6 Å². The van der Waals surface area contributed by atoms with E-state index in [0.717, 1.165) is 6.42 Å². The summed E-state index contributed by atoms with van der Waals surface area (Å²) in [5.74, 6) is -0.555. The zero-order valence-corrected chi connectivity index (χ0v) is 16.4. The molecule has 150 valence electrons. The van der Waals surface area contributed by atoms with Crippen LogP contribution in [0.2, 0.25) is 0 Å². The molecule has 0 spiro atoms. The first kappa shape index (κ1) is 21.4. The van der Waals surface area contributed by atoms with Crippen LogP contribution in [0.1, 0.15) is 30.6 Å². The first-order valence-electron chi connectivity index (χ1n) is 8.58. The van der Waals surface area contributed by atoms with Gasteiger partial charge in [0, 0.05) is 5.69 Å². The van der Waals surface area contributed by atoms with Crippen molar-refractivity contribution in [1.82, 2.24) is 0 Å². The Hall–Kier alpha value is -2.91. The lowest BCUT2D eigenvalue weighted by molar-refractivity contribution is -0.123. The van der Waals surface area contributed by atoms with Gasteiger partial charge < -0.3 is 14.8 Å². The van der Waals surface area contributed by atoms with Gasteiger partial charge in [-0.25, -0.2) is 18.4 Å². The Morgan fingerprint density at radius 2 is 1.68 bits per heavy atom. The summed E-state index contributed by atoms with van der Waals surface area (Å²) in [6.45, 7) is 4.01. The molecule has 0 unspecified atom stereocenters. The van der Waals surface area contributed by atoms with Crippen LogP contribution in [0.4, 0.5) is 5.69 Å². The number of esters is 1. The summed E-state index contributed by atoms with van der Waals surface area (Å²) in [4.78, 5) is 24.3. The van der Waals surface area contributed by atoms with Crippen molar-refractivity contribution < 1.29 is 27.5 Å². The number of ether oxygens (including phenoxy) is 2. The van der Waals surface area contributed by atoms with Gasteiger partial charge in [0.15, 0.2) is 6.10 Å². The van der Waals surface area contributed by atoms with E-state index >= 15 is 0 Å². The Morgan fingerprint density at radius 3 is 2.21 bits per heavy atom. The van der Waals surface area contributed by atoms with Crippen LogP contribution in [0.25, 0.3) is 0 Å². The van der Waals surface area contributed by atoms with E-state index in [1.807, 2.05) is 6.92 Å². The highest BCUT2D eigenvalue weighted by atomic mass is 32.2. The Bertz CT molecular complexity index is 924. The van der Waals surface area contributed by atoms with Gasteiger partial charge in [-0.3, -0.25) is 4.79 Å². The van der Waals surface area contributed by atoms with Crippen LogP contribution in [-0.4, -0.2) is 33.0 Å². The number of anilines is 1. The zero-order valence-electron chi connectivity index (χ0n) is 15.5. The van der Waals surface area contributed by atoms with Crippen LogP contribution in [0, 0.1) is 0 Å². The minimum absolute atomic E-state index is 0.0728. The molecule has 0 saturated carbocycles. The Kier molecular flexibility index (Phi) is 7.13. The number of rotatable bonds is 8. The molecule has 1 atom stereocenters. The first-order valence-corrected chi connectivity index (χ1v) is 10.1. The summed E-state index contributed by atoms with van der Waals surface area (Å²) < 4.78 is 33.1. The molecular weight excluding hydrogens is 384 g/mol. The molecule has 0 aliphatic carbocycles. The van der Waals surface area contributed by atoms with Crippen molar-refractivity contribution in [3.63, 3.8) is 0 Å². The normalized spacial score (nSPS) is 12.1. The molecule has 2 rings (SSSR count). The summed E-state index contributed by atoms with van der Waals surface area (Å²) in [5, 5.41) is 7.56. The Morgan fingerprint density at radius 1 is 1.07 bits per heavy atom. The quantitative estimate of drug-likeness (QED) is 0.648. The number of hydrogen-bond donors (Lipinski definition) is 2. The van der Waals surface area contributed by atoms with Crippen LogP contribution >= 0.6 is 0 Å². The van der Waals surface area contributed by atoms with Crippen molar-refractivity contribution >= 4 is 27.6 Å². The van der Waals surface area contributed by atoms with Crippen molar-refractivity contribution in [2.24, 2.45) is 5.14 Å². The molecule has 0 aromatic heterocycles. The SMILES string of the molecule is CCCOc1ccc(C(=O)O[C@H](C)C(=O)Nc2ccc(S(N)(=O)=O)cc2)cc1. The van der Waals surface area contributed by atoms with Gasteiger partial charge in [0.25, 0.3) is 5.91 Å². The lowest BCUT2D eigenvalue weighted by Crippen LogP contribution is -2.30. The van der Waals surface area contributed by atoms with Gasteiger partial charge in [-0.1, -0.05) is 6.92 Å². The standard InChI is InChI=1S/C19H22N2O6S/c1-3-12-26-16-8-4-14(5-9-16)19(23)27-13(2)18(22)21-15-6-10-17(11-7-15)28(20,24)25/h4-11,13H,3,12H2,1-2H3,(H,21,22)(H2,20,24,25)/t13-/m1/s1. The van der Waals surface area contributed by atoms with Crippen LogP contribution in [0.5, 0.6) is 5.75 Å². The third kappa shape index (κ3) is 6.07. The number of hydrogen-bond acceptors (Lipinski definition) is 6. The molecule has 0 saturated heterocycles. The molecule has 9 heteroatoms. The smallest absolute Gasteiger partial charge is 0.338 e. The molecule has 8 nitrogen and oxygen atoms in total. The molecule has 1 amide bonds. The number of primary sulfonamides is 1. The van der Waals surface area contributed by atoms with E-state index in [4.69, 9.17) is 14.6 Å². The molecular formula is C19H22N2O6S. The fraction of sp³-hybridized carbons (Fsp3) is 0.263. The van der Waals surface area contributed by atoms with Gasteiger partial charge in [-0.15, -0.1) is 0 Å². The van der Waals surface area contributed by atoms with Gasteiger partial charge in [0.2, 0.25) is 10.0 Å². The van der Waals surface area contributed by atoms with Gasteiger partial charge >= 0.3 is 5.97 Å². The van der Waals surface area contributed by atoms with Crippen molar-refractivity contribution in [3.8, 4) is 5.75 Å². The molecule has 2 aromatic rings. The van der Waals surface area contributed by atoms with E-state index in [-0.39, 0.29) is 4.90 Å². The monoisotopic (exact) mass is 406 g/mol. The first-order chi connectivity index (χ1) is 13.2. The second-order valence-electron chi connectivity index (χ2n) is 5.98. The highest BCUT2D eigenvalue weighted by Gasteiger charge is 2.19. The van der Waals surface area contributed by atoms with Crippen LogP contribution in [-0.2, 0) is 19.6 Å². The Balaban J connectivity index is 1.93. The minimum Gasteiger partial charge on any atom is -0.494 e. The Labute approximate surface area is 163 Å². The minimum atomic E-state index is -3.81. The van der Waals surface area contributed by atoms with E-state index < -0.39 is 28.0 Å². The number of amides is 1. The molecule has 0 aliphatic heterocycles. The molecule has 28 heavy (non-hydrogen) atoms. The van der Waals surface area contributed by atoms with Crippen LogP contribution in [0.3, 0.4) is 0 Å². The lowest BCUT2D eigenvalue weighted by atomic mass is 10.2.